The molecule has 0 fully saturated rings. The van der Waals surface area contributed by atoms with Crippen LogP contribution in [0.2, 0.25) is 0 Å². The Hall–Kier alpha value is -2.47. The first-order chi connectivity index (χ1) is 15.3. The minimum atomic E-state index is -1.32. The third-order valence-corrected chi connectivity index (χ3v) is 5.10. The molecule has 5 heteroatoms. The van der Waals surface area contributed by atoms with Crippen molar-refractivity contribution in [2.24, 2.45) is 5.92 Å². The highest BCUT2D eigenvalue weighted by atomic mass is 16.4. The zero-order chi connectivity index (χ0) is 23.8. The average molecular weight is 442 g/mol. The number of nitrogens with one attached hydrogen (secondary N) is 1. The SMILES string of the molecule is CCC/C=C/CC1C/C=C/C=C(C)/C=C/C=C\C(O)C(O)C(O)C(C)/C=C/C=C/C(=O)N1. The molecule has 0 aliphatic carbocycles. The van der Waals surface area contributed by atoms with E-state index in [1.807, 2.05) is 31.2 Å². The second-order valence-corrected chi connectivity index (χ2v) is 8.09. The maximum absolute atomic E-state index is 12.3. The quantitative estimate of drug-likeness (QED) is 0.495. The smallest absolute Gasteiger partial charge is 0.244 e. The lowest BCUT2D eigenvalue weighted by molar-refractivity contribution is -0.117. The van der Waals surface area contributed by atoms with E-state index >= 15 is 0 Å². The Bertz CT molecular complexity index is 758. The number of rotatable bonds is 4. The van der Waals surface area contributed by atoms with Crippen molar-refractivity contribution < 1.29 is 20.1 Å². The molecule has 1 aliphatic rings. The molecule has 0 aromatic heterocycles. The first kappa shape index (κ1) is 27.6. The highest BCUT2D eigenvalue weighted by Gasteiger charge is 2.26. The van der Waals surface area contributed by atoms with Gasteiger partial charge in [-0.3, -0.25) is 4.79 Å². The third kappa shape index (κ3) is 11.8. The van der Waals surface area contributed by atoms with Crippen molar-refractivity contribution >= 4 is 5.91 Å². The molecule has 0 saturated carbocycles. The number of hydrogen-bond donors (Lipinski definition) is 4. The fourth-order valence-electron chi connectivity index (χ4n) is 3.04. The molecule has 5 nitrogen and oxygen atoms in total. The molecule has 1 aliphatic heterocycles. The van der Waals surface area contributed by atoms with Crippen molar-refractivity contribution in [2.45, 2.75) is 70.8 Å². The van der Waals surface area contributed by atoms with Crippen LogP contribution in [0.3, 0.4) is 0 Å². The summed E-state index contributed by atoms with van der Waals surface area (Å²) in [5.74, 6) is -0.594. The van der Waals surface area contributed by atoms with Crippen LogP contribution in [-0.4, -0.2) is 45.6 Å². The number of carbonyl (C=O) groups excluding carboxylic acids is 1. The summed E-state index contributed by atoms with van der Waals surface area (Å²) in [6.45, 7) is 5.83. The molecule has 176 valence electrons. The fourth-order valence-corrected chi connectivity index (χ4v) is 3.04. The van der Waals surface area contributed by atoms with E-state index in [1.54, 1.807) is 37.3 Å². The van der Waals surface area contributed by atoms with E-state index in [0.29, 0.717) is 6.42 Å². The number of hydrogen-bond acceptors (Lipinski definition) is 4. The van der Waals surface area contributed by atoms with Crippen LogP contribution < -0.4 is 5.32 Å². The Morgan fingerprint density at radius 1 is 1.00 bits per heavy atom. The summed E-state index contributed by atoms with van der Waals surface area (Å²) in [7, 11) is 0. The van der Waals surface area contributed by atoms with E-state index in [9.17, 15) is 20.1 Å². The summed E-state index contributed by atoms with van der Waals surface area (Å²) in [6, 6.07) is -0.00403. The van der Waals surface area contributed by atoms with Gasteiger partial charge in [0.2, 0.25) is 5.91 Å². The van der Waals surface area contributed by atoms with Gasteiger partial charge >= 0.3 is 0 Å². The summed E-state index contributed by atoms with van der Waals surface area (Å²) in [5.41, 5.74) is 1.01. The van der Waals surface area contributed by atoms with Crippen LogP contribution in [0, 0.1) is 5.92 Å². The van der Waals surface area contributed by atoms with E-state index in [0.717, 1.165) is 24.8 Å². The fraction of sp³-hybridized carbons (Fsp3) is 0.444. The summed E-state index contributed by atoms with van der Waals surface area (Å²) in [4.78, 5) is 12.3. The molecule has 0 aromatic carbocycles. The number of aliphatic hydroxyl groups excluding tert-OH is 3. The van der Waals surface area contributed by atoms with E-state index in [-0.39, 0.29) is 11.9 Å². The lowest BCUT2D eigenvalue weighted by Crippen LogP contribution is -2.39. The van der Waals surface area contributed by atoms with Gasteiger partial charge in [-0.25, -0.2) is 0 Å². The zero-order valence-corrected chi connectivity index (χ0v) is 19.5. The molecule has 0 saturated heterocycles. The first-order valence-electron chi connectivity index (χ1n) is 11.4. The first-order valence-corrected chi connectivity index (χ1v) is 11.4. The maximum Gasteiger partial charge on any atom is 0.244 e. The summed E-state index contributed by atoms with van der Waals surface area (Å²) in [6.07, 6.45) is 23.3. The molecule has 1 amide bonds. The largest absolute Gasteiger partial charge is 0.390 e. The average Bonchev–Trinajstić information content (AvgIpc) is 2.77. The van der Waals surface area contributed by atoms with Gasteiger partial charge in [0.05, 0.1) is 6.10 Å². The monoisotopic (exact) mass is 441 g/mol. The number of carbonyl (C=O) groups is 1. The van der Waals surface area contributed by atoms with E-state index in [4.69, 9.17) is 0 Å². The number of unbranched alkanes of at least 4 members (excludes halogenated alkanes) is 1. The van der Waals surface area contributed by atoms with Crippen LogP contribution in [0.25, 0.3) is 0 Å². The number of amides is 1. The Morgan fingerprint density at radius 3 is 2.47 bits per heavy atom. The Kier molecular flexibility index (Phi) is 14.0. The van der Waals surface area contributed by atoms with Crippen molar-refractivity contribution in [1.29, 1.82) is 0 Å². The molecule has 1 rings (SSSR count). The van der Waals surface area contributed by atoms with Crippen molar-refractivity contribution in [3.63, 3.8) is 0 Å². The van der Waals surface area contributed by atoms with Gasteiger partial charge in [0.1, 0.15) is 12.2 Å². The Labute approximate surface area is 192 Å². The van der Waals surface area contributed by atoms with Crippen molar-refractivity contribution in [1.82, 2.24) is 5.32 Å². The molecule has 5 unspecified atom stereocenters. The van der Waals surface area contributed by atoms with E-state index in [2.05, 4.69) is 24.4 Å². The van der Waals surface area contributed by atoms with Gasteiger partial charge in [-0.1, -0.05) is 98.8 Å². The molecule has 0 bridgehead atoms. The van der Waals surface area contributed by atoms with Crippen molar-refractivity contribution in [3.05, 3.63) is 84.6 Å². The van der Waals surface area contributed by atoms with E-state index < -0.39 is 24.2 Å². The Morgan fingerprint density at radius 2 is 1.72 bits per heavy atom. The molecule has 0 radical (unpaired) electrons. The summed E-state index contributed by atoms with van der Waals surface area (Å²) >= 11 is 0. The zero-order valence-electron chi connectivity index (χ0n) is 19.5. The molecule has 5 atom stereocenters. The second-order valence-electron chi connectivity index (χ2n) is 8.09. The van der Waals surface area contributed by atoms with Crippen molar-refractivity contribution in [2.75, 3.05) is 0 Å². The van der Waals surface area contributed by atoms with Crippen LogP contribution in [0.5, 0.6) is 0 Å². The maximum atomic E-state index is 12.3. The molecule has 0 spiro atoms. The van der Waals surface area contributed by atoms with Gasteiger partial charge in [-0.2, -0.15) is 0 Å². The number of allylic oxidation sites excluding steroid dienone is 9. The predicted octanol–water partition coefficient (Wildman–Crippen LogP) is 4.07. The van der Waals surface area contributed by atoms with Gasteiger partial charge in [-0.05, 0) is 26.2 Å². The summed E-state index contributed by atoms with van der Waals surface area (Å²) < 4.78 is 0. The third-order valence-electron chi connectivity index (χ3n) is 5.10. The molecular formula is C27H39NO4. The normalized spacial score (nSPS) is 35.2. The predicted molar refractivity (Wildman–Crippen MR) is 132 cm³/mol. The molecule has 32 heavy (non-hydrogen) atoms. The van der Waals surface area contributed by atoms with Crippen LogP contribution in [-0.2, 0) is 4.79 Å². The highest BCUT2D eigenvalue weighted by molar-refractivity contribution is 5.88. The topological polar surface area (TPSA) is 89.8 Å². The van der Waals surface area contributed by atoms with Crippen LogP contribution in [0.4, 0.5) is 0 Å². The van der Waals surface area contributed by atoms with Crippen LogP contribution in [0.15, 0.2) is 84.6 Å². The molecule has 0 aromatic rings. The Balaban J connectivity index is 3.02. The second kappa shape index (κ2) is 16.2. The van der Waals surface area contributed by atoms with Gasteiger partial charge in [-0.15, -0.1) is 0 Å². The summed E-state index contributed by atoms with van der Waals surface area (Å²) in [5, 5.41) is 33.6. The number of aliphatic hydroxyl groups is 3. The minimum Gasteiger partial charge on any atom is -0.390 e. The molecule has 4 N–H and O–H groups in total. The minimum absolute atomic E-state index is 0.00403. The van der Waals surface area contributed by atoms with Gasteiger partial charge in [0, 0.05) is 18.0 Å². The standard InChI is InChI=1S/C27H39NO4/c1-4-5-6-7-17-23-18-11-8-14-21(2)15-9-12-19-24(29)27(32)26(31)22(3)16-10-13-20-25(30)28-23/h6-16,19-20,22-24,26-27,29,31-32H,4-5,17-18H2,1-3H3,(H,28,30)/b7-6+,11-8+,15-9+,16-10+,19-12-,20-13+,21-14+. The van der Waals surface area contributed by atoms with E-state index in [1.165, 1.54) is 12.2 Å². The lowest BCUT2D eigenvalue weighted by Gasteiger charge is -2.24. The lowest BCUT2D eigenvalue weighted by atomic mass is 9.95. The van der Waals surface area contributed by atoms with Crippen LogP contribution >= 0.6 is 0 Å². The molecule has 1 heterocycles. The van der Waals surface area contributed by atoms with Crippen molar-refractivity contribution in [3.8, 4) is 0 Å². The van der Waals surface area contributed by atoms with Crippen LogP contribution in [0.1, 0.15) is 46.5 Å². The van der Waals surface area contributed by atoms with Gasteiger partial charge in [0.15, 0.2) is 0 Å². The molecular weight excluding hydrogens is 402 g/mol. The van der Waals surface area contributed by atoms with Gasteiger partial charge in [0.25, 0.3) is 0 Å². The van der Waals surface area contributed by atoms with Gasteiger partial charge < -0.3 is 20.6 Å². The highest BCUT2D eigenvalue weighted by Crippen LogP contribution is 2.13.